The van der Waals surface area contributed by atoms with E-state index in [0.29, 0.717) is 24.2 Å². The fraction of sp³-hybridized carbons (Fsp3) is 0.529. The molecule has 2 aliphatic rings. The Balaban J connectivity index is 1.68. The van der Waals surface area contributed by atoms with E-state index in [1.165, 1.54) is 11.0 Å². The topological polar surface area (TPSA) is 69.6 Å². The van der Waals surface area contributed by atoms with Crippen molar-refractivity contribution in [1.29, 1.82) is 0 Å². The third-order valence-corrected chi connectivity index (χ3v) is 4.56. The predicted molar refractivity (Wildman–Crippen MR) is 83.9 cm³/mol. The highest BCUT2D eigenvalue weighted by molar-refractivity contribution is 5.90. The molecule has 5 nitrogen and oxygen atoms in total. The summed E-state index contributed by atoms with van der Waals surface area (Å²) in [6.45, 7) is 2.69. The maximum absolute atomic E-state index is 13.8. The van der Waals surface area contributed by atoms with E-state index in [0.717, 1.165) is 12.8 Å². The number of urea groups is 1. The van der Waals surface area contributed by atoms with Gasteiger partial charge in [0.05, 0.1) is 5.92 Å². The van der Waals surface area contributed by atoms with Crippen LogP contribution in [0.25, 0.3) is 0 Å². The van der Waals surface area contributed by atoms with Crippen molar-refractivity contribution in [2.24, 2.45) is 11.8 Å². The van der Waals surface area contributed by atoms with E-state index < -0.39 is 11.9 Å². The van der Waals surface area contributed by atoms with Crippen LogP contribution in [0, 0.1) is 17.7 Å². The van der Waals surface area contributed by atoms with E-state index in [2.05, 4.69) is 5.32 Å². The van der Waals surface area contributed by atoms with E-state index in [-0.39, 0.29) is 30.2 Å². The van der Waals surface area contributed by atoms with Crippen LogP contribution in [0.5, 0.6) is 0 Å². The number of rotatable bonds is 3. The summed E-state index contributed by atoms with van der Waals surface area (Å²) < 4.78 is 13.8. The van der Waals surface area contributed by atoms with Gasteiger partial charge in [-0.05, 0) is 54.9 Å². The van der Waals surface area contributed by atoms with Crippen molar-refractivity contribution in [3.8, 4) is 0 Å². The number of piperidine rings is 1. The summed E-state index contributed by atoms with van der Waals surface area (Å²) >= 11 is 0. The van der Waals surface area contributed by atoms with Gasteiger partial charge >= 0.3 is 12.0 Å². The highest BCUT2D eigenvalue weighted by Gasteiger charge is 2.32. The molecule has 2 fully saturated rings. The standard InChI is InChI=1S/C17H21FN2O3/c1-10-6-12(16(21)22)9-20(8-10)17(23)19-13-4-5-15(18)14(7-13)11-2-3-11/h4-5,7,10-12H,2-3,6,8-9H2,1H3,(H,19,23)(H,21,22). The van der Waals surface area contributed by atoms with Gasteiger partial charge in [0.1, 0.15) is 5.82 Å². The lowest BCUT2D eigenvalue weighted by atomic mass is 9.91. The first-order chi connectivity index (χ1) is 10.9. The van der Waals surface area contributed by atoms with E-state index in [4.69, 9.17) is 0 Å². The van der Waals surface area contributed by atoms with E-state index in [1.807, 2.05) is 6.92 Å². The average Bonchev–Trinajstić information content (AvgIpc) is 3.33. The smallest absolute Gasteiger partial charge is 0.321 e. The Labute approximate surface area is 134 Å². The van der Waals surface area contributed by atoms with Crippen LogP contribution in [-0.4, -0.2) is 35.1 Å². The summed E-state index contributed by atoms with van der Waals surface area (Å²) in [5.74, 6) is -1.22. The second-order valence-corrected chi connectivity index (χ2v) is 6.72. The Hall–Kier alpha value is -2.11. The fourth-order valence-electron chi connectivity index (χ4n) is 3.23. The number of nitrogens with zero attached hydrogens (tertiary/aromatic N) is 1. The molecule has 0 radical (unpaired) electrons. The van der Waals surface area contributed by atoms with E-state index in [1.54, 1.807) is 12.1 Å². The molecular formula is C17H21FN2O3. The molecule has 1 saturated carbocycles. The number of halogens is 1. The van der Waals surface area contributed by atoms with Gasteiger partial charge in [0, 0.05) is 18.8 Å². The summed E-state index contributed by atoms with van der Waals surface area (Å²) in [5.41, 5.74) is 1.21. The molecule has 23 heavy (non-hydrogen) atoms. The highest BCUT2D eigenvalue weighted by Crippen LogP contribution is 2.42. The van der Waals surface area contributed by atoms with Gasteiger partial charge < -0.3 is 15.3 Å². The summed E-state index contributed by atoms with van der Waals surface area (Å²) in [7, 11) is 0. The minimum absolute atomic E-state index is 0.144. The van der Waals surface area contributed by atoms with Crippen LogP contribution in [0.4, 0.5) is 14.9 Å². The lowest BCUT2D eigenvalue weighted by Gasteiger charge is -2.34. The molecule has 1 aromatic rings. The Morgan fingerprint density at radius 2 is 2.04 bits per heavy atom. The number of amides is 2. The monoisotopic (exact) mass is 320 g/mol. The van der Waals surface area contributed by atoms with Crippen LogP contribution >= 0.6 is 0 Å². The van der Waals surface area contributed by atoms with Crippen LogP contribution in [0.15, 0.2) is 18.2 Å². The zero-order valence-electron chi connectivity index (χ0n) is 13.1. The molecule has 0 bridgehead atoms. The third kappa shape index (κ3) is 3.63. The summed E-state index contributed by atoms with van der Waals surface area (Å²) in [4.78, 5) is 25.1. The zero-order chi connectivity index (χ0) is 16.6. The number of nitrogens with one attached hydrogen (secondary N) is 1. The number of anilines is 1. The summed E-state index contributed by atoms with van der Waals surface area (Å²) in [6, 6.07) is 4.28. The van der Waals surface area contributed by atoms with Crippen LogP contribution in [0.2, 0.25) is 0 Å². The van der Waals surface area contributed by atoms with Crippen LogP contribution in [0.1, 0.15) is 37.7 Å². The molecule has 124 valence electrons. The first-order valence-corrected chi connectivity index (χ1v) is 8.02. The van der Waals surface area contributed by atoms with Crippen LogP contribution < -0.4 is 5.32 Å². The van der Waals surface area contributed by atoms with Gasteiger partial charge in [-0.3, -0.25) is 4.79 Å². The second kappa shape index (κ2) is 6.18. The maximum Gasteiger partial charge on any atom is 0.321 e. The van der Waals surface area contributed by atoms with Gasteiger partial charge in [-0.15, -0.1) is 0 Å². The van der Waals surface area contributed by atoms with Crippen molar-refractivity contribution in [2.45, 2.75) is 32.1 Å². The number of carboxylic acids is 1. The minimum Gasteiger partial charge on any atom is -0.481 e. The Kier molecular flexibility index (Phi) is 4.24. The first-order valence-electron chi connectivity index (χ1n) is 8.02. The van der Waals surface area contributed by atoms with Crippen LogP contribution in [0.3, 0.4) is 0 Å². The number of carbonyl (C=O) groups excluding carboxylic acids is 1. The average molecular weight is 320 g/mol. The molecule has 2 atom stereocenters. The quantitative estimate of drug-likeness (QED) is 0.898. The number of hydrogen-bond acceptors (Lipinski definition) is 2. The number of likely N-dealkylation sites (tertiary alicyclic amines) is 1. The fourth-order valence-corrected chi connectivity index (χ4v) is 3.23. The molecule has 1 aliphatic carbocycles. The molecule has 3 rings (SSSR count). The molecule has 0 spiro atoms. The van der Waals surface area contributed by atoms with Gasteiger partial charge in [0.2, 0.25) is 0 Å². The molecule has 1 saturated heterocycles. The van der Waals surface area contributed by atoms with Crippen molar-refractivity contribution < 1.29 is 19.1 Å². The lowest BCUT2D eigenvalue weighted by molar-refractivity contribution is -0.143. The SMILES string of the molecule is CC1CC(C(=O)O)CN(C(=O)Nc2ccc(F)c(C3CC3)c2)C1. The normalized spacial score (nSPS) is 24.3. The molecule has 2 N–H and O–H groups in total. The number of hydrogen-bond donors (Lipinski definition) is 2. The third-order valence-electron chi connectivity index (χ3n) is 4.56. The van der Waals surface area contributed by atoms with Crippen molar-refractivity contribution in [1.82, 2.24) is 4.90 Å². The number of benzene rings is 1. The van der Waals surface area contributed by atoms with Gasteiger partial charge in [0.15, 0.2) is 0 Å². The Morgan fingerprint density at radius 3 is 2.70 bits per heavy atom. The zero-order valence-corrected chi connectivity index (χ0v) is 13.1. The van der Waals surface area contributed by atoms with Crippen molar-refractivity contribution >= 4 is 17.7 Å². The van der Waals surface area contributed by atoms with Gasteiger partial charge in [-0.2, -0.15) is 0 Å². The number of carbonyl (C=O) groups is 2. The molecular weight excluding hydrogens is 299 g/mol. The van der Waals surface area contributed by atoms with Crippen molar-refractivity contribution in [3.05, 3.63) is 29.6 Å². The lowest BCUT2D eigenvalue weighted by Crippen LogP contribution is -2.47. The van der Waals surface area contributed by atoms with Crippen molar-refractivity contribution in [2.75, 3.05) is 18.4 Å². The van der Waals surface area contributed by atoms with Crippen LogP contribution in [-0.2, 0) is 4.79 Å². The van der Waals surface area contributed by atoms with Gasteiger partial charge in [-0.25, -0.2) is 9.18 Å². The predicted octanol–water partition coefficient (Wildman–Crippen LogP) is 3.28. The maximum atomic E-state index is 13.8. The molecule has 1 aromatic carbocycles. The van der Waals surface area contributed by atoms with Gasteiger partial charge in [-0.1, -0.05) is 6.92 Å². The Morgan fingerprint density at radius 1 is 1.30 bits per heavy atom. The summed E-state index contributed by atoms with van der Waals surface area (Å²) in [6.07, 6.45) is 2.55. The largest absolute Gasteiger partial charge is 0.481 e. The first kappa shape index (κ1) is 15.8. The molecule has 0 aromatic heterocycles. The Bertz CT molecular complexity index is 630. The molecule has 6 heteroatoms. The minimum atomic E-state index is -0.868. The van der Waals surface area contributed by atoms with E-state index >= 15 is 0 Å². The van der Waals surface area contributed by atoms with Gasteiger partial charge in [0.25, 0.3) is 0 Å². The number of carboxylic acid groups (broad SMARTS) is 1. The molecule has 1 heterocycles. The molecule has 2 unspecified atom stereocenters. The molecule has 1 aliphatic heterocycles. The summed E-state index contributed by atoms with van der Waals surface area (Å²) in [5, 5.41) is 11.9. The number of aliphatic carboxylic acids is 1. The van der Waals surface area contributed by atoms with Crippen molar-refractivity contribution in [3.63, 3.8) is 0 Å². The molecule has 2 amide bonds. The van der Waals surface area contributed by atoms with E-state index in [9.17, 15) is 19.1 Å². The highest BCUT2D eigenvalue weighted by atomic mass is 19.1. The second-order valence-electron chi connectivity index (χ2n) is 6.72.